The Hall–Kier alpha value is -0.910. The van der Waals surface area contributed by atoms with Gasteiger partial charge in [0.2, 0.25) is 0 Å². The molecule has 0 saturated carbocycles. The third-order valence-electron chi connectivity index (χ3n) is 2.55. The molecule has 2 amide bonds. The van der Waals surface area contributed by atoms with Crippen molar-refractivity contribution in [2.75, 3.05) is 18.9 Å². The van der Waals surface area contributed by atoms with Gasteiger partial charge in [0.1, 0.15) is 0 Å². The molecule has 1 atom stereocenters. The second kappa shape index (κ2) is 6.03. The number of amides is 2. The van der Waals surface area contributed by atoms with Crippen molar-refractivity contribution in [1.82, 2.24) is 4.90 Å². The summed E-state index contributed by atoms with van der Waals surface area (Å²) in [4.78, 5) is 17.9. The van der Waals surface area contributed by atoms with Crippen LogP contribution < -0.4 is 5.32 Å². The highest BCUT2D eigenvalue weighted by Gasteiger charge is 2.22. The first-order chi connectivity index (χ1) is 8.97. The monoisotopic (exact) mass is 317 g/mol. The number of amidine groups is 1. The Balaban J connectivity index is 2.02. The van der Waals surface area contributed by atoms with E-state index in [2.05, 4.69) is 17.2 Å². The van der Waals surface area contributed by atoms with E-state index in [9.17, 15) is 4.79 Å². The van der Waals surface area contributed by atoms with Crippen LogP contribution in [0.4, 0.5) is 10.5 Å². The molecule has 0 aliphatic carbocycles. The van der Waals surface area contributed by atoms with Crippen LogP contribution in [0.2, 0.25) is 10.0 Å². The fraction of sp³-hybridized carbons (Fsp3) is 0.333. The first kappa shape index (κ1) is 14.5. The number of halogens is 2. The average molecular weight is 318 g/mol. The largest absolute Gasteiger partial charge is 0.327 e. The van der Waals surface area contributed by atoms with Crippen molar-refractivity contribution in [1.29, 1.82) is 0 Å². The molecule has 19 heavy (non-hydrogen) atoms. The molecular weight excluding hydrogens is 305 g/mol. The molecule has 1 heterocycles. The topological polar surface area (TPSA) is 44.7 Å². The van der Waals surface area contributed by atoms with E-state index in [1.807, 2.05) is 0 Å². The number of anilines is 1. The highest BCUT2D eigenvalue weighted by Crippen LogP contribution is 2.26. The zero-order valence-electron chi connectivity index (χ0n) is 10.5. The summed E-state index contributed by atoms with van der Waals surface area (Å²) in [5, 5.41) is 4.75. The lowest BCUT2D eigenvalue weighted by atomic mass is 10.3. The van der Waals surface area contributed by atoms with Gasteiger partial charge in [-0.15, -0.1) is 0 Å². The molecule has 1 N–H and O–H groups in total. The minimum atomic E-state index is -0.251. The quantitative estimate of drug-likeness (QED) is 0.852. The van der Waals surface area contributed by atoms with Gasteiger partial charge in [0, 0.05) is 18.0 Å². The molecule has 0 aromatic heterocycles. The summed E-state index contributed by atoms with van der Waals surface area (Å²) in [5.41, 5.74) is 0.600. The van der Waals surface area contributed by atoms with Gasteiger partial charge in [-0.1, -0.05) is 41.9 Å². The van der Waals surface area contributed by atoms with Crippen LogP contribution in [0.5, 0.6) is 0 Å². The summed E-state index contributed by atoms with van der Waals surface area (Å²) in [5.74, 6) is 0. The second-order valence-electron chi connectivity index (χ2n) is 4.17. The fourth-order valence-corrected chi connectivity index (χ4v) is 2.71. The lowest BCUT2D eigenvalue weighted by Gasteiger charge is -2.17. The van der Waals surface area contributed by atoms with Crippen LogP contribution in [0.25, 0.3) is 0 Å². The van der Waals surface area contributed by atoms with E-state index in [4.69, 9.17) is 23.2 Å². The number of benzene rings is 1. The minimum Gasteiger partial charge on any atom is -0.307 e. The first-order valence-corrected chi connectivity index (χ1v) is 7.32. The third-order valence-corrected chi connectivity index (χ3v) is 4.46. The van der Waals surface area contributed by atoms with E-state index >= 15 is 0 Å². The molecule has 1 aromatic carbocycles. The van der Waals surface area contributed by atoms with Crippen molar-refractivity contribution >= 4 is 51.8 Å². The van der Waals surface area contributed by atoms with Crippen molar-refractivity contribution in [3.63, 3.8) is 0 Å². The number of urea groups is 1. The molecule has 0 bridgehead atoms. The Morgan fingerprint density at radius 3 is 2.79 bits per heavy atom. The Bertz CT molecular complexity index is 536. The summed E-state index contributed by atoms with van der Waals surface area (Å²) < 4.78 is 0. The summed E-state index contributed by atoms with van der Waals surface area (Å²) in [6.45, 7) is 2.82. The summed E-state index contributed by atoms with van der Waals surface area (Å²) >= 11 is 13.3. The fourth-order valence-electron chi connectivity index (χ4n) is 1.51. The van der Waals surface area contributed by atoms with E-state index < -0.39 is 0 Å². The van der Waals surface area contributed by atoms with Crippen molar-refractivity contribution in [2.45, 2.75) is 12.2 Å². The molecular formula is C12H13Cl2N3OS. The maximum atomic E-state index is 12.0. The molecule has 7 heteroatoms. The van der Waals surface area contributed by atoms with Crippen molar-refractivity contribution in [2.24, 2.45) is 4.99 Å². The number of hydrogen-bond acceptors (Lipinski definition) is 3. The normalized spacial score (nSPS) is 18.1. The van der Waals surface area contributed by atoms with Gasteiger partial charge >= 0.3 is 6.03 Å². The molecule has 0 saturated heterocycles. The van der Waals surface area contributed by atoms with Crippen LogP contribution in [0.1, 0.15) is 6.92 Å². The number of carbonyl (C=O) groups excluding carboxylic acids is 1. The van der Waals surface area contributed by atoms with E-state index in [1.165, 1.54) is 4.90 Å². The van der Waals surface area contributed by atoms with E-state index in [-0.39, 0.29) is 6.03 Å². The van der Waals surface area contributed by atoms with Crippen LogP contribution >= 0.6 is 35.0 Å². The molecule has 1 aliphatic rings. The number of hydrogen-bond donors (Lipinski definition) is 1. The molecule has 1 aliphatic heterocycles. The van der Waals surface area contributed by atoms with Gasteiger partial charge in [-0.25, -0.2) is 4.79 Å². The van der Waals surface area contributed by atoms with E-state index in [0.29, 0.717) is 21.0 Å². The maximum absolute atomic E-state index is 12.0. The highest BCUT2D eigenvalue weighted by molar-refractivity contribution is 8.14. The summed E-state index contributed by atoms with van der Waals surface area (Å²) in [6, 6.07) is 4.70. The Kier molecular flexibility index (Phi) is 4.60. The molecule has 2 rings (SSSR count). The predicted molar refractivity (Wildman–Crippen MR) is 82.6 cm³/mol. The smallest absolute Gasteiger partial charge is 0.307 e. The predicted octanol–water partition coefficient (Wildman–Crippen LogP) is 3.95. The van der Waals surface area contributed by atoms with E-state index in [0.717, 1.165) is 11.7 Å². The zero-order chi connectivity index (χ0) is 14.0. The number of aliphatic imine (C=N–C) groups is 1. The van der Waals surface area contributed by atoms with Gasteiger partial charge in [-0.2, -0.15) is 0 Å². The number of carbonyl (C=O) groups is 1. The van der Waals surface area contributed by atoms with Crippen molar-refractivity contribution < 1.29 is 4.79 Å². The number of rotatable bonds is 1. The van der Waals surface area contributed by atoms with E-state index in [1.54, 1.807) is 37.0 Å². The molecule has 1 aromatic rings. The summed E-state index contributed by atoms with van der Waals surface area (Å²) in [7, 11) is 1.69. The number of nitrogens with zero attached hydrogens (tertiary/aromatic N) is 2. The van der Waals surface area contributed by atoms with Crippen molar-refractivity contribution in [3.05, 3.63) is 28.2 Å². The zero-order valence-corrected chi connectivity index (χ0v) is 12.8. The number of thioether (sulfide) groups is 1. The Morgan fingerprint density at radius 2 is 2.21 bits per heavy atom. The number of nitrogens with one attached hydrogen (secondary N) is 1. The lowest BCUT2D eigenvalue weighted by molar-refractivity contribution is 0.239. The lowest BCUT2D eigenvalue weighted by Crippen LogP contribution is -2.34. The SMILES string of the molecule is C[C@H]1CN=C(N(C)C(=O)Nc2ccc(Cl)c(Cl)c2)S1. The molecule has 102 valence electrons. The molecule has 4 nitrogen and oxygen atoms in total. The Labute approximate surface area is 126 Å². The van der Waals surface area contributed by atoms with Gasteiger partial charge in [0.25, 0.3) is 0 Å². The minimum absolute atomic E-state index is 0.251. The summed E-state index contributed by atoms with van der Waals surface area (Å²) in [6.07, 6.45) is 0. The van der Waals surface area contributed by atoms with Crippen LogP contribution in [0.3, 0.4) is 0 Å². The first-order valence-electron chi connectivity index (χ1n) is 5.68. The Morgan fingerprint density at radius 1 is 1.47 bits per heavy atom. The van der Waals surface area contributed by atoms with Gasteiger partial charge in [0.05, 0.1) is 16.6 Å². The van der Waals surface area contributed by atoms with Gasteiger partial charge < -0.3 is 5.32 Å². The van der Waals surface area contributed by atoms with Gasteiger partial charge in [-0.05, 0) is 18.2 Å². The molecule has 0 unspecified atom stereocenters. The van der Waals surface area contributed by atoms with Crippen molar-refractivity contribution in [3.8, 4) is 0 Å². The third kappa shape index (κ3) is 3.55. The van der Waals surface area contributed by atoms with Gasteiger partial charge in [0.15, 0.2) is 5.17 Å². The maximum Gasteiger partial charge on any atom is 0.327 e. The van der Waals surface area contributed by atoms with Crippen LogP contribution in [-0.2, 0) is 0 Å². The highest BCUT2D eigenvalue weighted by atomic mass is 35.5. The average Bonchev–Trinajstić information content (AvgIpc) is 2.79. The molecule has 0 fully saturated rings. The van der Waals surface area contributed by atoms with Crippen LogP contribution in [0.15, 0.2) is 23.2 Å². The second-order valence-corrected chi connectivity index (χ2v) is 6.39. The van der Waals surface area contributed by atoms with Gasteiger partial charge in [-0.3, -0.25) is 9.89 Å². The van der Waals surface area contributed by atoms with Crippen LogP contribution in [0, 0.1) is 0 Å². The van der Waals surface area contributed by atoms with Crippen LogP contribution in [-0.4, -0.2) is 34.9 Å². The standard InChI is InChI=1S/C12H13Cl2N3OS/c1-7-6-15-12(19-7)17(2)11(18)16-8-3-4-9(13)10(14)5-8/h3-5,7H,6H2,1-2H3,(H,16,18)/t7-/m0/s1. The molecule has 0 radical (unpaired) electrons. The molecule has 0 spiro atoms.